The van der Waals surface area contributed by atoms with Gasteiger partial charge in [0.2, 0.25) is 11.8 Å². The van der Waals surface area contributed by atoms with Gasteiger partial charge in [0.15, 0.2) is 0 Å². The summed E-state index contributed by atoms with van der Waals surface area (Å²) < 4.78 is 5.16. The smallest absolute Gasteiger partial charge is 0.323 e. The number of aromatic nitrogens is 1. The second-order valence-corrected chi connectivity index (χ2v) is 8.35. The Kier molecular flexibility index (Phi) is 4.31. The van der Waals surface area contributed by atoms with Gasteiger partial charge in [-0.15, -0.1) is 0 Å². The highest BCUT2D eigenvalue weighted by Crippen LogP contribution is 2.52. The Morgan fingerprint density at radius 3 is 2.56 bits per heavy atom. The fourth-order valence-electron chi connectivity index (χ4n) is 3.54. The Balaban J connectivity index is 1.83. The quantitative estimate of drug-likeness (QED) is 0.731. The van der Waals surface area contributed by atoms with Crippen LogP contribution in [0.4, 0.5) is 0 Å². The number of hydrogen-bond acceptors (Lipinski definition) is 7. The summed E-state index contributed by atoms with van der Waals surface area (Å²) >= 11 is 2.13. The number of thiazole rings is 1. The molecule has 4 rings (SSSR count). The maximum Gasteiger partial charge on any atom is 0.323 e. The monoisotopic (exact) mass is 406 g/mol. The van der Waals surface area contributed by atoms with Crippen LogP contribution >= 0.6 is 23.1 Å². The van der Waals surface area contributed by atoms with E-state index in [1.54, 1.807) is 31.4 Å². The van der Waals surface area contributed by atoms with Crippen molar-refractivity contribution in [3.63, 3.8) is 0 Å². The third kappa shape index (κ3) is 2.85. The predicted molar refractivity (Wildman–Crippen MR) is 97.3 cm³/mol. The molecular formula is C17H14N2O6S2. The standard InChI is InChI=1S/C17H14N2O6S2/c1-25-8-4-2-7(3-5-8)10-11-13(26-14-12(10)27-17(24)18-14)16(23)19(15(11)22)6-9(20)21/h2-5,10-11,13H,6H2,1H3,(H,18,24)(H,20,21)/t10-,11?,13?/m0/s1. The van der Waals surface area contributed by atoms with E-state index in [1.165, 1.54) is 0 Å². The van der Waals surface area contributed by atoms with Crippen molar-refractivity contribution in [2.45, 2.75) is 16.2 Å². The first-order valence-corrected chi connectivity index (χ1v) is 9.71. The molecule has 2 amide bonds. The maximum absolute atomic E-state index is 12.9. The number of likely N-dealkylation sites (tertiary alicyclic amines) is 1. The van der Waals surface area contributed by atoms with Gasteiger partial charge in [-0.05, 0) is 17.7 Å². The number of carboxylic acids is 1. The van der Waals surface area contributed by atoms with Crippen LogP contribution in [-0.4, -0.2) is 51.7 Å². The van der Waals surface area contributed by atoms with E-state index >= 15 is 0 Å². The van der Waals surface area contributed by atoms with Gasteiger partial charge in [-0.25, -0.2) is 0 Å². The van der Waals surface area contributed by atoms with Gasteiger partial charge in [-0.2, -0.15) is 0 Å². The number of methoxy groups -OCH3 is 1. The van der Waals surface area contributed by atoms with Crippen LogP contribution in [0, 0.1) is 5.92 Å². The Bertz CT molecular complexity index is 996. The van der Waals surface area contributed by atoms with E-state index in [0.717, 1.165) is 33.6 Å². The topological polar surface area (TPSA) is 117 Å². The van der Waals surface area contributed by atoms with Gasteiger partial charge in [0, 0.05) is 10.8 Å². The number of ether oxygens (including phenoxy) is 1. The van der Waals surface area contributed by atoms with Crippen molar-refractivity contribution >= 4 is 40.9 Å². The normalized spacial score (nSPS) is 23.9. The van der Waals surface area contributed by atoms with E-state index in [0.29, 0.717) is 15.7 Å². The number of carbonyl (C=O) groups excluding carboxylic acids is 2. The van der Waals surface area contributed by atoms with Gasteiger partial charge in [-0.1, -0.05) is 35.2 Å². The molecule has 0 aliphatic carbocycles. The number of benzene rings is 1. The van der Waals surface area contributed by atoms with E-state index in [9.17, 15) is 19.2 Å². The van der Waals surface area contributed by atoms with Gasteiger partial charge in [0.25, 0.3) is 0 Å². The molecule has 1 saturated heterocycles. The zero-order valence-corrected chi connectivity index (χ0v) is 15.6. The number of nitrogens with one attached hydrogen (secondary N) is 1. The minimum Gasteiger partial charge on any atom is -0.497 e. The largest absolute Gasteiger partial charge is 0.497 e. The molecule has 3 atom stereocenters. The second-order valence-electron chi connectivity index (χ2n) is 6.18. The van der Waals surface area contributed by atoms with E-state index < -0.39 is 41.4 Å². The number of hydrogen-bond donors (Lipinski definition) is 2. The first-order valence-electron chi connectivity index (χ1n) is 8.01. The van der Waals surface area contributed by atoms with E-state index in [4.69, 9.17) is 9.84 Å². The van der Waals surface area contributed by atoms with Crippen molar-refractivity contribution in [3.05, 3.63) is 44.4 Å². The summed E-state index contributed by atoms with van der Waals surface area (Å²) in [6.07, 6.45) is 0. The summed E-state index contributed by atoms with van der Waals surface area (Å²) in [7, 11) is 1.54. The van der Waals surface area contributed by atoms with Gasteiger partial charge in [0.1, 0.15) is 17.5 Å². The van der Waals surface area contributed by atoms with Gasteiger partial charge in [0.05, 0.1) is 18.1 Å². The maximum atomic E-state index is 12.9. The molecule has 0 radical (unpaired) electrons. The van der Waals surface area contributed by atoms with Crippen molar-refractivity contribution < 1.29 is 24.2 Å². The van der Waals surface area contributed by atoms with E-state index in [2.05, 4.69) is 4.98 Å². The lowest BCUT2D eigenvalue weighted by molar-refractivity contribution is -0.149. The molecule has 0 bridgehead atoms. The summed E-state index contributed by atoms with van der Waals surface area (Å²) in [6, 6.07) is 7.08. The molecule has 1 aromatic heterocycles. The average Bonchev–Trinajstić information content (AvgIpc) is 3.12. The number of rotatable bonds is 4. The third-order valence-corrected chi connectivity index (χ3v) is 7.08. The number of H-pyrrole nitrogens is 1. The molecule has 2 aliphatic rings. The molecule has 140 valence electrons. The van der Waals surface area contributed by atoms with Crippen LogP contribution in [0.1, 0.15) is 16.4 Å². The van der Waals surface area contributed by atoms with E-state index in [1.807, 2.05) is 0 Å². The van der Waals surface area contributed by atoms with Crippen LogP contribution in [0.2, 0.25) is 0 Å². The summed E-state index contributed by atoms with van der Waals surface area (Å²) in [5.41, 5.74) is 0.765. The molecule has 8 nitrogen and oxygen atoms in total. The van der Waals surface area contributed by atoms with Gasteiger partial charge in [-0.3, -0.25) is 24.1 Å². The van der Waals surface area contributed by atoms with Crippen LogP contribution < -0.4 is 9.61 Å². The highest BCUT2D eigenvalue weighted by molar-refractivity contribution is 8.00. The van der Waals surface area contributed by atoms with Gasteiger partial charge < -0.3 is 14.8 Å². The van der Waals surface area contributed by atoms with Gasteiger partial charge >= 0.3 is 10.8 Å². The number of amides is 2. The van der Waals surface area contributed by atoms with Crippen molar-refractivity contribution in [1.29, 1.82) is 0 Å². The number of carbonyl (C=O) groups is 3. The Morgan fingerprint density at radius 1 is 1.22 bits per heavy atom. The van der Waals surface area contributed by atoms with Crippen LogP contribution in [0.25, 0.3) is 0 Å². The molecule has 2 aromatic rings. The minimum absolute atomic E-state index is 0.256. The first-order chi connectivity index (χ1) is 12.9. The van der Waals surface area contributed by atoms with Crippen LogP contribution in [0.15, 0.2) is 34.1 Å². The zero-order chi connectivity index (χ0) is 19.3. The highest BCUT2D eigenvalue weighted by Gasteiger charge is 2.56. The van der Waals surface area contributed by atoms with Crippen LogP contribution in [-0.2, 0) is 14.4 Å². The number of aliphatic carboxylic acids is 1. The van der Waals surface area contributed by atoms with Crippen LogP contribution in [0.5, 0.6) is 5.75 Å². The average molecular weight is 406 g/mol. The molecule has 10 heteroatoms. The van der Waals surface area contributed by atoms with Crippen molar-refractivity contribution in [2.24, 2.45) is 5.92 Å². The number of thioether (sulfide) groups is 1. The fraction of sp³-hybridized carbons (Fsp3) is 0.294. The Hall–Kier alpha value is -2.59. The minimum atomic E-state index is -1.25. The predicted octanol–water partition coefficient (Wildman–Crippen LogP) is 1.12. The SMILES string of the molecule is COc1ccc([C@@H]2c3sc(=O)[nH]c3SC3C(=O)N(CC(=O)O)C(=O)C32)cc1. The molecular weight excluding hydrogens is 392 g/mol. The molecule has 2 aliphatic heterocycles. The summed E-state index contributed by atoms with van der Waals surface area (Å²) in [5, 5.41) is 8.84. The number of aromatic amines is 1. The fourth-order valence-corrected chi connectivity index (χ4v) is 6.07. The first kappa shape index (κ1) is 17.8. The Morgan fingerprint density at radius 2 is 1.93 bits per heavy atom. The van der Waals surface area contributed by atoms with Crippen molar-refractivity contribution in [2.75, 3.05) is 13.7 Å². The zero-order valence-electron chi connectivity index (χ0n) is 14.0. The molecule has 0 saturated carbocycles. The second kappa shape index (κ2) is 6.54. The lowest BCUT2D eigenvalue weighted by Crippen LogP contribution is -2.36. The molecule has 1 aromatic carbocycles. The molecule has 2 unspecified atom stereocenters. The summed E-state index contributed by atoms with van der Waals surface area (Å²) in [5.74, 6) is -2.92. The van der Waals surface area contributed by atoms with Crippen molar-refractivity contribution in [3.8, 4) is 5.75 Å². The lowest BCUT2D eigenvalue weighted by Gasteiger charge is -2.29. The molecule has 1 fully saturated rings. The number of imide groups is 1. The van der Waals surface area contributed by atoms with Crippen LogP contribution in [0.3, 0.4) is 0 Å². The number of fused-ring (bicyclic) bond motifs is 2. The molecule has 0 spiro atoms. The third-order valence-electron chi connectivity index (χ3n) is 4.68. The molecule has 3 heterocycles. The lowest BCUT2D eigenvalue weighted by atomic mass is 9.83. The number of nitrogens with zero attached hydrogens (tertiary/aromatic N) is 1. The summed E-state index contributed by atoms with van der Waals surface area (Å²) in [6.45, 7) is -0.662. The number of carboxylic acid groups (broad SMARTS) is 1. The van der Waals surface area contributed by atoms with Crippen molar-refractivity contribution in [1.82, 2.24) is 9.88 Å². The Labute approximate surface area is 161 Å². The molecule has 27 heavy (non-hydrogen) atoms. The molecule has 2 N–H and O–H groups in total. The van der Waals surface area contributed by atoms with E-state index in [-0.39, 0.29) is 4.87 Å². The highest BCUT2D eigenvalue weighted by atomic mass is 32.2. The summed E-state index contributed by atoms with van der Waals surface area (Å²) in [4.78, 5) is 52.6.